The van der Waals surface area contributed by atoms with Gasteiger partial charge in [0.25, 0.3) is 0 Å². The van der Waals surface area contributed by atoms with Gasteiger partial charge in [0.15, 0.2) is 0 Å². The molecule has 0 bridgehead atoms. The van der Waals surface area contributed by atoms with Crippen LogP contribution in [0.15, 0.2) is 0 Å². The maximum absolute atomic E-state index is 11.6. The van der Waals surface area contributed by atoms with Gasteiger partial charge in [0.05, 0.1) is 0 Å². The van der Waals surface area contributed by atoms with Crippen LogP contribution in [0, 0.1) is 0 Å². The van der Waals surface area contributed by atoms with Crippen molar-refractivity contribution in [3.05, 3.63) is 0 Å². The van der Waals surface area contributed by atoms with Gasteiger partial charge in [0, 0.05) is 13.7 Å². The molecule has 0 aromatic rings. The molecule has 2 amide bonds. The lowest BCUT2D eigenvalue weighted by Gasteiger charge is -2.15. The molecule has 0 spiro atoms. The molecule has 0 aromatic heterocycles. The first-order valence-electron chi connectivity index (χ1n) is 12.5. The van der Waals surface area contributed by atoms with E-state index in [0.29, 0.717) is 6.54 Å². The van der Waals surface area contributed by atoms with Gasteiger partial charge in [0.1, 0.15) is 19.3 Å². The Kier molecular flexibility index (Phi) is 22.0. The van der Waals surface area contributed by atoms with Crippen LogP contribution in [0.5, 0.6) is 0 Å². The number of amides is 2. The minimum atomic E-state index is -0.880. The molecule has 1 unspecified atom stereocenters. The Bertz CT molecular complexity index is 421. The van der Waals surface area contributed by atoms with Gasteiger partial charge in [0.2, 0.25) is 0 Å². The Morgan fingerprint density at radius 2 is 1.13 bits per heavy atom. The second-order valence-corrected chi connectivity index (χ2v) is 8.32. The van der Waals surface area contributed by atoms with Gasteiger partial charge >= 0.3 is 12.2 Å². The van der Waals surface area contributed by atoms with Crippen LogP contribution in [0.3, 0.4) is 0 Å². The molecular formula is C24H48N2O5. The molecule has 0 saturated heterocycles. The highest BCUT2D eigenvalue weighted by Crippen LogP contribution is 2.13. The summed E-state index contributed by atoms with van der Waals surface area (Å²) in [5, 5.41) is 2.73. The van der Waals surface area contributed by atoms with Crippen LogP contribution in [-0.2, 0) is 14.2 Å². The van der Waals surface area contributed by atoms with E-state index in [0.717, 1.165) is 12.8 Å². The van der Waals surface area contributed by atoms with Crippen LogP contribution in [-0.4, -0.2) is 45.2 Å². The van der Waals surface area contributed by atoms with E-state index in [1.165, 1.54) is 97.0 Å². The van der Waals surface area contributed by atoms with Crippen molar-refractivity contribution >= 4 is 12.2 Å². The number of carbonyl (C=O) groups excluding carboxylic acids is 2. The summed E-state index contributed by atoms with van der Waals surface area (Å²) in [7, 11) is 1.45. The third kappa shape index (κ3) is 23.0. The van der Waals surface area contributed by atoms with Crippen molar-refractivity contribution in [2.24, 2.45) is 5.73 Å². The topological polar surface area (TPSA) is 99.9 Å². The molecule has 31 heavy (non-hydrogen) atoms. The fourth-order valence-electron chi connectivity index (χ4n) is 3.44. The third-order valence-corrected chi connectivity index (χ3v) is 5.44. The molecular weight excluding hydrogens is 396 g/mol. The zero-order chi connectivity index (χ0) is 23.0. The molecule has 0 heterocycles. The maximum Gasteiger partial charge on any atom is 0.407 e. The van der Waals surface area contributed by atoms with Crippen molar-refractivity contribution in [2.45, 2.75) is 116 Å². The predicted molar refractivity (Wildman–Crippen MR) is 125 cm³/mol. The van der Waals surface area contributed by atoms with E-state index in [4.69, 9.17) is 15.2 Å². The fourth-order valence-corrected chi connectivity index (χ4v) is 3.44. The van der Waals surface area contributed by atoms with Crippen LogP contribution in [0.2, 0.25) is 0 Å². The number of alkyl carbamates (subject to hydrolysis) is 1. The molecule has 0 aromatic carbocycles. The van der Waals surface area contributed by atoms with E-state index >= 15 is 0 Å². The third-order valence-electron chi connectivity index (χ3n) is 5.44. The SMILES string of the molecule is CCCCCCCCCCCCCCCCCCNC(=O)OCC(COC(N)=O)OC. The maximum atomic E-state index is 11.6. The average Bonchev–Trinajstić information content (AvgIpc) is 2.75. The molecule has 7 nitrogen and oxygen atoms in total. The molecule has 0 radical (unpaired) electrons. The number of primary amides is 1. The van der Waals surface area contributed by atoms with Crippen LogP contribution in [0.1, 0.15) is 110 Å². The highest BCUT2D eigenvalue weighted by atomic mass is 16.6. The average molecular weight is 445 g/mol. The van der Waals surface area contributed by atoms with Gasteiger partial charge in [-0.2, -0.15) is 0 Å². The van der Waals surface area contributed by atoms with E-state index < -0.39 is 18.3 Å². The zero-order valence-corrected chi connectivity index (χ0v) is 20.1. The minimum Gasteiger partial charge on any atom is -0.447 e. The van der Waals surface area contributed by atoms with Crippen molar-refractivity contribution in [1.29, 1.82) is 0 Å². The highest BCUT2D eigenvalue weighted by molar-refractivity contribution is 5.67. The number of nitrogens with two attached hydrogens (primary N) is 1. The molecule has 184 valence electrons. The number of carbonyl (C=O) groups is 2. The Hall–Kier alpha value is -1.50. The second kappa shape index (κ2) is 23.2. The molecule has 0 aliphatic carbocycles. The Morgan fingerprint density at radius 1 is 0.710 bits per heavy atom. The van der Waals surface area contributed by atoms with Crippen molar-refractivity contribution in [2.75, 3.05) is 26.9 Å². The Balaban J connectivity index is 3.30. The number of rotatable bonds is 22. The summed E-state index contributed by atoms with van der Waals surface area (Å²) < 4.78 is 14.7. The normalized spacial score (nSPS) is 11.8. The highest BCUT2D eigenvalue weighted by Gasteiger charge is 2.12. The number of hydrogen-bond acceptors (Lipinski definition) is 5. The van der Waals surface area contributed by atoms with Gasteiger partial charge in [-0.15, -0.1) is 0 Å². The number of ether oxygens (including phenoxy) is 3. The van der Waals surface area contributed by atoms with Crippen LogP contribution in [0.25, 0.3) is 0 Å². The first-order chi connectivity index (χ1) is 15.1. The number of unbranched alkanes of at least 4 members (excludes halogenated alkanes) is 15. The summed E-state index contributed by atoms with van der Waals surface area (Å²) in [5.41, 5.74) is 4.89. The van der Waals surface area contributed by atoms with Gasteiger partial charge in [-0.1, -0.05) is 103 Å². The van der Waals surface area contributed by atoms with Gasteiger partial charge in [-0.25, -0.2) is 9.59 Å². The lowest BCUT2D eigenvalue weighted by atomic mass is 10.0. The van der Waals surface area contributed by atoms with Crippen molar-refractivity contribution in [3.63, 3.8) is 0 Å². The molecule has 1 atom stereocenters. The smallest absolute Gasteiger partial charge is 0.407 e. The van der Waals surface area contributed by atoms with Gasteiger partial charge in [-0.3, -0.25) is 0 Å². The number of methoxy groups -OCH3 is 1. The van der Waals surface area contributed by atoms with E-state index in [-0.39, 0.29) is 13.2 Å². The molecule has 0 rings (SSSR count). The van der Waals surface area contributed by atoms with Crippen molar-refractivity contribution in [1.82, 2.24) is 5.32 Å². The minimum absolute atomic E-state index is 0.00850. The standard InChI is InChI=1S/C24H48N2O5/c1-3-4-5-6-7-8-9-10-11-12-13-14-15-16-17-18-19-26-24(28)31-21-22(29-2)20-30-23(25)27/h22H,3-21H2,1-2H3,(H2,25,27)(H,26,28). The first kappa shape index (κ1) is 29.5. The van der Waals surface area contributed by atoms with E-state index in [1.807, 2.05) is 0 Å². The Labute approximate surface area is 190 Å². The fraction of sp³-hybridized carbons (Fsp3) is 0.917. The zero-order valence-electron chi connectivity index (χ0n) is 20.1. The lowest BCUT2D eigenvalue weighted by molar-refractivity contribution is -0.00291. The molecule has 0 aliphatic heterocycles. The van der Waals surface area contributed by atoms with E-state index in [1.54, 1.807) is 0 Å². The summed E-state index contributed by atoms with van der Waals surface area (Å²) in [6, 6.07) is 0. The Morgan fingerprint density at radius 3 is 1.55 bits per heavy atom. The van der Waals surface area contributed by atoms with E-state index in [2.05, 4.69) is 17.0 Å². The predicted octanol–water partition coefficient (Wildman–Crippen LogP) is 6.08. The summed E-state index contributed by atoms with van der Waals surface area (Å²) in [4.78, 5) is 22.2. The first-order valence-corrected chi connectivity index (χ1v) is 12.5. The van der Waals surface area contributed by atoms with Crippen LogP contribution >= 0.6 is 0 Å². The summed E-state index contributed by atoms with van der Waals surface area (Å²) in [6.07, 6.45) is 19.3. The number of hydrogen-bond donors (Lipinski definition) is 2. The van der Waals surface area contributed by atoms with Crippen LogP contribution < -0.4 is 11.1 Å². The van der Waals surface area contributed by atoms with Crippen molar-refractivity contribution < 1.29 is 23.8 Å². The second-order valence-electron chi connectivity index (χ2n) is 8.32. The quantitative estimate of drug-likeness (QED) is 0.197. The lowest BCUT2D eigenvalue weighted by Crippen LogP contribution is -2.32. The van der Waals surface area contributed by atoms with Gasteiger partial charge < -0.3 is 25.3 Å². The summed E-state index contributed by atoms with van der Waals surface area (Å²) >= 11 is 0. The molecule has 0 saturated carbocycles. The largest absolute Gasteiger partial charge is 0.447 e. The summed E-state index contributed by atoms with van der Waals surface area (Å²) in [6.45, 7) is 2.84. The van der Waals surface area contributed by atoms with Gasteiger partial charge in [-0.05, 0) is 6.42 Å². The molecule has 7 heteroatoms. The van der Waals surface area contributed by atoms with Crippen LogP contribution in [0.4, 0.5) is 9.59 Å². The van der Waals surface area contributed by atoms with E-state index in [9.17, 15) is 9.59 Å². The summed E-state index contributed by atoms with van der Waals surface area (Å²) in [5.74, 6) is 0. The van der Waals surface area contributed by atoms with Crippen molar-refractivity contribution in [3.8, 4) is 0 Å². The number of nitrogens with one attached hydrogen (secondary N) is 1. The molecule has 0 fully saturated rings. The molecule has 0 aliphatic rings. The monoisotopic (exact) mass is 444 g/mol. The molecule has 3 N–H and O–H groups in total.